The molecule has 102 valence electrons. The van der Waals surface area contributed by atoms with E-state index in [0.717, 1.165) is 13.0 Å². The van der Waals surface area contributed by atoms with Crippen molar-refractivity contribution in [1.82, 2.24) is 19.9 Å². The fraction of sp³-hybridized carbons (Fsp3) is 0.750. The van der Waals surface area contributed by atoms with Gasteiger partial charge in [-0.25, -0.2) is 0 Å². The summed E-state index contributed by atoms with van der Waals surface area (Å²) in [6.07, 6.45) is 2.72. The summed E-state index contributed by atoms with van der Waals surface area (Å²) in [5, 5.41) is 7.79. The van der Waals surface area contributed by atoms with Gasteiger partial charge in [0.1, 0.15) is 0 Å². The fourth-order valence-corrected chi connectivity index (χ4v) is 1.66. The molecule has 0 spiro atoms. The van der Waals surface area contributed by atoms with E-state index in [9.17, 15) is 4.79 Å². The van der Waals surface area contributed by atoms with Crippen LogP contribution in [0.4, 0.5) is 0 Å². The summed E-state index contributed by atoms with van der Waals surface area (Å²) in [7, 11) is 0. The second-order valence-corrected chi connectivity index (χ2v) is 4.51. The Balaban J connectivity index is 2.70. The number of hydrogen-bond donors (Lipinski definition) is 1. The molecule has 0 saturated heterocycles. The number of aromatic nitrogens is 3. The predicted octanol–water partition coefficient (Wildman–Crippen LogP) is 0.745. The van der Waals surface area contributed by atoms with E-state index < -0.39 is 0 Å². The average Bonchev–Trinajstić information content (AvgIpc) is 2.83. The van der Waals surface area contributed by atoms with Gasteiger partial charge in [0.2, 0.25) is 0 Å². The van der Waals surface area contributed by atoms with E-state index in [1.807, 2.05) is 11.8 Å². The first kappa shape index (κ1) is 14.6. The highest BCUT2D eigenvalue weighted by molar-refractivity contribution is 5.91. The Morgan fingerprint density at radius 2 is 2.28 bits per heavy atom. The average molecular weight is 253 g/mol. The van der Waals surface area contributed by atoms with Crippen LogP contribution < -0.4 is 5.73 Å². The third kappa shape index (κ3) is 3.80. The molecule has 0 saturated carbocycles. The lowest BCUT2D eigenvalue weighted by Gasteiger charge is -2.22. The minimum Gasteiger partial charge on any atom is -0.337 e. The SMILES string of the molecule is CCC(C)CN(CC)C(=O)c1cn(CCN)nn1. The molecule has 0 radical (unpaired) electrons. The van der Waals surface area contributed by atoms with Gasteiger partial charge in [-0.2, -0.15) is 0 Å². The summed E-state index contributed by atoms with van der Waals surface area (Å²) in [6, 6.07) is 0. The second-order valence-electron chi connectivity index (χ2n) is 4.51. The lowest BCUT2D eigenvalue weighted by atomic mass is 10.1. The zero-order chi connectivity index (χ0) is 13.5. The van der Waals surface area contributed by atoms with Crippen molar-refractivity contribution in [3.05, 3.63) is 11.9 Å². The molecule has 1 atom stereocenters. The minimum absolute atomic E-state index is 0.0546. The number of nitrogens with zero attached hydrogens (tertiary/aromatic N) is 4. The Bertz CT molecular complexity index is 376. The monoisotopic (exact) mass is 253 g/mol. The van der Waals surface area contributed by atoms with Gasteiger partial charge in [-0.3, -0.25) is 9.48 Å². The minimum atomic E-state index is -0.0546. The van der Waals surface area contributed by atoms with E-state index in [0.29, 0.717) is 31.2 Å². The van der Waals surface area contributed by atoms with E-state index in [1.165, 1.54) is 0 Å². The summed E-state index contributed by atoms with van der Waals surface area (Å²) in [6.45, 7) is 8.76. The third-order valence-electron chi connectivity index (χ3n) is 3.01. The van der Waals surface area contributed by atoms with Crippen LogP contribution in [0.15, 0.2) is 6.20 Å². The maximum Gasteiger partial charge on any atom is 0.276 e. The molecule has 2 N–H and O–H groups in total. The molecular weight excluding hydrogens is 230 g/mol. The van der Waals surface area contributed by atoms with Gasteiger partial charge >= 0.3 is 0 Å². The standard InChI is InChI=1S/C12H23N5O/c1-4-10(3)8-16(5-2)12(18)11-9-17(7-6-13)15-14-11/h9-10H,4-8,13H2,1-3H3. The van der Waals surface area contributed by atoms with Gasteiger partial charge in [0.25, 0.3) is 5.91 Å². The zero-order valence-electron chi connectivity index (χ0n) is 11.5. The maximum atomic E-state index is 12.2. The van der Waals surface area contributed by atoms with Crippen LogP contribution in [0.25, 0.3) is 0 Å². The lowest BCUT2D eigenvalue weighted by molar-refractivity contribution is 0.0735. The number of rotatable bonds is 7. The second kappa shape index (κ2) is 7.10. The Labute approximate surface area is 108 Å². The summed E-state index contributed by atoms with van der Waals surface area (Å²) in [4.78, 5) is 14.0. The Morgan fingerprint density at radius 3 is 2.83 bits per heavy atom. The number of hydrogen-bond acceptors (Lipinski definition) is 4. The van der Waals surface area contributed by atoms with Crippen LogP contribution in [0.3, 0.4) is 0 Å². The maximum absolute atomic E-state index is 12.2. The van der Waals surface area contributed by atoms with Gasteiger partial charge in [-0.05, 0) is 12.8 Å². The highest BCUT2D eigenvalue weighted by atomic mass is 16.2. The molecular formula is C12H23N5O. The highest BCUT2D eigenvalue weighted by Gasteiger charge is 2.19. The first-order valence-electron chi connectivity index (χ1n) is 6.51. The van der Waals surface area contributed by atoms with Crippen molar-refractivity contribution in [1.29, 1.82) is 0 Å². The van der Waals surface area contributed by atoms with Crippen LogP contribution >= 0.6 is 0 Å². The van der Waals surface area contributed by atoms with Crippen LogP contribution in [0.2, 0.25) is 0 Å². The summed E-state index contributed by atoms with van der Waals surface area (Å²) >= 11 is 0. The number of amides is 1. The molecule has 6 nitrogen and oxygen atoms in total. The van der Waals surface area contributed by atoms with Gasteiger partial charge in [-0.1, -0.05) is 25.5 Å². The van der Waals surface area contributed by atoms with Gasteiger partial charge in [0.05, 0.1) is 12.7 Å². The molecule has 1 rings (SSSR count). The predicted molar refractivity (Wildman–Crippen MR) is 70.1 cm³/mol. The zero-order valence-corrected chi connectivity index (χ0v) is 11.5. The van der Waals surface area contributed by atoms with Crippen molar-refractivity contribution < 1.29 is 4.79 Å². The molecule has 0 fully saturated rings. The van der Waals surface area contributed by atoms with Crippen molar-refractivity contribution in [2.45, 2.75) is 33.7 Å². The largest absolute Gasteiger partial charge is 0.337 e. The number of carbonyl (C=O) groups is 1. The lowest BCUT2D eigenvalue weighted by Crippen LogP contribution is -2.34. The van der Waals surface area contributed by atoms with Gasteiger partial charge < -0.3 is 10.6 Å². The molecule has 0 aliphatic rings. The van der Waals surface area contributed by atoms with Crippen molar-refractivity contribution in [3.63, 3.8) is 0 Å². The van der Waals surface area contributed by atoms with Crippen LogP contribution in [0.5, 0.6) is 0 Å². The van der Waals surface area contributed by atoms with Gasteiger partial charge in [0.15, 0.2) is 5.69 Å². The fourth-order valence-electron chi connectivity index (χ4n) is 1.66. The number of carbonyl (C=O) groups excluding carboxylic acids is 1. The molecule has 0 aromatic carbocycles. The Morgan fingerprint density at radius 1 is 1.56 bits per heavy atom. The van der Waals surface area contributed by atoms with Crippen molar-refractivity contribution in [3.8, 4) is 0 Å². The van der Waals surface area contributed by atoms with Crippen LogP contribution in [0, 0.1) is 5.92 Å². The van der Waals surface area contributed by atoms with E-state index in [2.05, 4.69) is 24.2 Å². The van der Waals surface area contributed by atoms with Gasteiger partial charge in [0, 0.05) is 19.6 Å². The van der Waals surface area contributed by atoms with Crippen molar-refractivity contribution in [2.75, 3.05) is 19.6 Å². The first-order chi connectivity index (χ1) is 8.62. The van der Waals surface area contributed by atoms with Crippen molar-refractivity contribution in [2.24, 2.45) is 11.7 Å². The van der Waals surface area contributed by atoms with Crippen LogP contribution in [0.1, 0.15) is 37.7 Å². The van der Waals surface area contributed by atoms with E-state index in [4.69, 9.17) is 5.73 Å². The molecule has 0 bridgehead atoms. The summed E-state index contributed by atoms with van der Waals surface area (Å²) < 4.78 is 1.60. The van der Waals surface area contributed by atoms with Crippen molar-refractivity contribution >= 4 is 5.91 Å². The molecule has 1 heterocycles. The molecule has 0 aliphatic carbocycles. The van der Waals surface area contributed by atoms with E-state index >= 15 is 0 Å². The topological polar surface area (TPSA) is 77.0 Å². The Hall–Kier alpha value is -1.43. The third-order valence-corrected chi connectivity index (χ3v) is 3.01. The molecule has 1 aromatic rings. The van der Waals surface area contributed by atoms with Gasteiger partial charge in [-0.15, -0.1) is 5.10 Å². The molecule has 6 heteroatoms. The Kier molecular flexibility index (Phi) is 5.77. The molecule has 1 unspecified atom stereocenters. The molecule has 0 aliphatic heterocycles. The first-order valence-corrected chi connectivity index (χ1v) is 6.51. The molecule has 18 heavy (non-hydrogen) atoms. The number of nitrogens with two attached hydrogens (primary N) is 1. The summed E-state index contributed by atoms with van der Waals surface area (Å²) in [5.41, 5.74) is 5.83. The van der Waals surface area contributed by atoms with E-state index in [1.54, 1.807) is 10.9 Å². The van der Waals surface area contributed by atoms with Crippen LogP contribution in [-0.2, 0) is 6.54 Å². The van der Waals surface area contributed by atoms with Crippen LogP contribution in [-0.4, -0.2) is 45.4 Å². The smallest absolute Gasteiger partial charge is 0.276 e. The normalized spacial score (nSPS) is 12.4. The molecule has 1 amide bonds. The highest BCUT2D eigenvalue weighted by Crippen LogP contribution is 2.07. The quantitative estimate of drug-likeness (QED) is 0.777. The van der Waals surface area contributed by atoms with E-state index in [-0.39, 0.29) is 5.91 Å². The summed E-state index contributed by atoms with van der Waals surface area (Å²) in [5.74, 6) is 0.439. The molecule has 1 aromatic heterocycles.